The van der Waals surface area contributed by atoms with Gasteiger partial charge in [0.05, 0.1) is 6.54 Å². The van der Waals surface area contributed by atoms with Crippen molar-refractivity contribution in [2.45, 2.75) is 45.6 Å². The number of benzene rings is 1. The number of aromatic nitrogens is 3. The Kier molecular flexibility index (Phi) is 9.86. The fraction of sp³-hybridized carbons (Fsp3) is 0.571. The molecular formula is C21H33IN6O. The zero-order valence-corrected chi connectivity index (χ0v) is 19.7. The lowest BCUT2D eigenvalue weighted by Crippen LogP contribution is -2.43. The second-order valence-corrected chi connectivity index (χ2v) is 7.53. The van der Waals surface area contributed by atoms with Crippen LogP contribution in [0.5, 0.6) is 0 Å². The van der Waals surface area contributed by atoms with E-state index < -0.39 is 0 Å². The maximum atomic E-state index is 5.34. The fourth-order valence-corrected chi connectivity index (χ4v) is 3.90. The standard InChI is InChI=1S/C21H32N6O.HI/c1-3-22-20(24-15-21(11-12-28-2)9-4-5-10-21)23-14-17-7-6-8-18(13-17)19-25-16-26-27-19;/h6-8,13,16H,3-5,9-12,14-15H2,1-2H3,(H2,22,23,24)(H,25,26,27);1H. The lowest BCUT2D eigenvalue weighted by atomic mass is 9.83. The van der Waals surface area contributed by atoms with Gasteiger partial charge in [0.1, 0.15) is 6.33 Å². The van der Waals surface area contributed by atoms with Crippen molar-refractivity contribution in [1.82, 2.24) is 25.8 Å². The zero-order chi connectivity index (χ0) is 19.7. The molecular weight excluding hydrogens is 479 g/mol. The number of aromatic amines is 1. The molecule has 1 saturated carbocycles. The van der Waals surface area contributed by atoms with Crippen LogP contribution >= 0.6 is 24.0 Å². The lowest BCUT2D eigenvalue weighted by molar-refractivity contribution is 0.138. The molecule has 0 unspecified atom stereocenters. The van der Waals surface area contributed by atoms with Crippen molar-refractivity contribution < 1.29 is 4.74 Å². The molecule has 2 aromatic rings. The van der Waals surface area contributed by atoms with Gasteiger partial charge in [-0.2, -0.15) is 5.10 Å². The second-order valence-electron chi connectivity index (χ2n) is 7.53. The van der Waals surface area contributed by atoms with E-state index >= 15 is 0 Å². The number of guanidine groups is 1. The Balaban J connectivity index is 0.00000300. The molecule has 3 rings (SSSR count). The molecule has 0 saturated heterocycles. The van der Waals surface area contributed by atoms with E-state index in [4.69, 9.17) is 9.73 Å². The molecule has 1 heterocycles. The van der Waals surface area contributed by atoms with Gasteiger partial charge in [-0.15, -0.1) is 24.0 Å². The number of nitrogens with zero attached hydrogens (tertiary/aromatic N) is 3. The van der Waals surface area contributed by atoms with E-state index in [0.29, 0.717) is 12.0 Å². The van der Waals surface area contributed by atoms with Gasteiger partial charge in [0, 0.05) is 32.4 Å². The van der Waals surface area contributed by atoms with Crippen LogP contribution in [0.1, 0.15) is 44.6 Å². The van der Waals surface area contributed by atoms with E-state index in [9.17, 15) is 0 Å². The number of nitrogens with one attached hydrogen (secondary N) is 3. The summed E-state index contributed by atoms with van der Waals surface area (Å²) in [6, 6.07) is 8.24. The molecule has 0 amide bonds. The predicted molar refractivity (Wildman–Crippen MR) is 127 cm³/mol. The molecule has 1 aliphatic carbocycles. The van der Waals surface area contributed by atoms with Crippen molar-refractivity contribution in [1.29, 1.82) is 0 Å². The van der Waals surface area contributed by atoms with Gasteiger partial charge in [-0.3, -0.25) is 5.10 Å². The van der Waals surface area contributed by atoms with Crippen molar-refractivity contribution in [3.8, 4) is 11.4 Å². The van der Waals surface area contributed by atoms with E-state index in [1.165, 1.54) is 32.0 Å². The van der Waals surface area contributed by atoms with Crippen LogP contribution < -0.4 is 10.6 Å². The summed E-state index contributed by atoms with van der Waals surface area (Å²) in [6.07, 6.45) is 7.79. The lowest BCUT2D eigenvalue weighted by Gasteiger charge is -2.30. The van der Waals surface area contributed by atoms with E-state index in [1.54, 1.807) is 7.11 Å². The van der Waals surface area contributed by atoms with Gasteiger partial charge in [-0.05, 0) is 43.2 Å². The highest BCUT2D eigenvalue weighted by Gasteiger charge is 2.33. The topological polar surface area (TPSA) is 87.2 Å². The Morgan fingerprint density at radius 1 is 1.28 bits per heavy atom. The van der Waals surface area contributed by atoms with Crippen molar-refractivity contribution in [3.05, 3.63) is 36.2 Å². The molecule has 0 spiro atoms. The average Bonchev–Trinajstić information content (AvgIpc) is 3.42. The number of ether oxygens (including phenoxy) is 1. The van der Waals surface area contributed by atoms with Gasteiger partial charge in [0.25, 0.3) is 0 Å². The number of aliphatic imine (C=N–C) groups is 1. The summed E-state index contributed by atoms with van der Waals surface area (Å²) in [7, 11) is 1.79. The molecule has 1 fully saturated rings. The third-order valence-electron chi connectivity index (χ3n) is 5.51. The predicted octanol–water partition coefficient (Wildman–Crippen LogP) is 3.74. The number of halogens is 1. The highest BCUT2D eigenvalue weighted by atomic mass is 127. The summed E-state index contributed by atoms with van der Waals surface area (Å²) >= 11 is 0. The van der Waals surface area contributed by atoms with Crippen LogP contribution in [-0.4, -0.2) is 47.9 Å². The molecule has 1 aromatic carbocycles. The van der Waals surface area contributed by atoms with Crippen LogP contribution in [0.4, 0.5) is 0 Å². The smallest absolute Gasteiger partial charge is 0.191 e. The maximum absolute atomic E-state index is 5.34. The first-order valence-corrected chi connectivity index (χ1v) is 10.2. The fourth-order valence-electron chi connectivity index (χ4n) is 3.90. The Bertz CT molecular complexity index is 743. The molecule has 160 valence electrons. The summed E-state index contributed by atoms with van der Waals surface area (Å²) in [5.41, 5.74) is 2.49. The van der Waals surface area contributed by atoms with E-state index in [0.717, 1.165) is 49.0 Å². The minimum atomic E-state index is 0. The summed E-state index contributed by atoms with van der Waals surface area (Å²) < 4.78 is 5.34. The first-order valence-electron chi connectivity index (χ1n) is 10.2. The average molecular weight is 512 g/mol. The normalized spacial score (nSPS) is 15.7. The minimum Gasteiger partial charge on any atom is -0.385 e. The Labute approximate surface area is 190 Å². The summed E-state index contributed by atoms with van der Waals surface area (Å²) in [4.78, 5) is 9.02. The summed E-state index contributed by atoms with van der Waals surface area (Å²) in [6.45, 7) is 5.32. The van der Waals surface area contributed by atoms with E-state index in [2.05, 4.69) is 44.9 Å². The van der Waals surface area contributed by atoms with Crippen molar-refractivity contribution >= 4 is 29.9 Å². The molecule has 0 bridgehead atoms. The van der Waals surface area contributed by atoms with Crippen LogP contribution in [-0.2, 0) is 11.3 Å². The molecule has 8 heteroatoms. The molecule has 3 N–H and O–H groups in total. The Hall–Kier alpha value is -1.68. The first kappa shape index (κ1) is 23.6. The molecule has 1 aliphatic rings. The van der Waals surface area contributed by atoms with Gasteiger partial charge in [0.15, 0.2) is 11.8 Å². The third kappa shape index (κ3) is 6.95. The third-order valence-corrected chi connectivity index (χ3v) is 5.51. The highest BCUT2D eigenvalue weighted by Crippen LogP contribution is 2.40. The number of H-pyrrole nitrogens is 1. The molecule has 29 heavy (non-hydrogen) atoms. The first-order chi connectivity index (χ1) is 13.7. The Morgan fingerprint density at radius 3 is 2.79 bits per heavy atom. The SMILES string of the molecule is CCNC(=NCc1cccc(-c2ncn[nH]2)c1)NCC1(CCOC)CCCC1.I. The van der Waals surface area contributed by atoms with Gasteiger partial charge >= 0.3 is 0 Å². The molecule has 0 radical (unpaired) electrons. The zero-order valence-electron chi connectivity index (χ0n) is 17.4. The van der Waals surface area contributed by atoms with Crippen molar-refractivity contribution in [2.75, 3.05) is 26.8 Å². The number of hydrogen-bond acceptors (Lipinski definition) is 4. The summed E-state index contributed by atoms with van der Waals surface area (Å²) in [5.74, 6) is 1.65. The van der Waals surface area contributed by atoms with Crippen molar-refractivity contribution in [3.63, 3.8) is 0 Å². The van der Waals surface area contributed by atoms with E-state index in [1.807, 2.05) is 12.1 Å². The Morgan fingerprint density at radius 2 is 2.10 bits per heavy atom. The highest BCUT2D eigenvalue weighted by molar-refractivity contribution is 14.0. The molecule has 0 atom stereocenters. The number of rotatable bonds is 9. The quantitative estimate of drug-likeness (QED) is 0.271. The van der Waals surface area contributed by atoms with Crippen LogP contribution in [0, 0.1) is 5.41 Å². The summed E-state index contributed by atoms with van der Waals surface area (Å²) in [5, 5.41) is 13.8. The number of methoxy groups -OCH3 is 1. The van der Waals surface area contributed by atoms with Crippen LogP contribution in [0.25, 0.3) is 11.4 Å². The monoisotopic (exact) mass is 512 g/mol. The van der Waals surface area contributed by atoms with Crippen molar-refractivity contribution in [2.24, 2.45) is 10.4 Å². The minimum absolute atomic E-state index is 0. The van der Waals surface area contributed by atoms with Crippen LogP contribution in [0.15, 0.2) is 35.6 Å². The molecule has 1 aromatic heterocycles. The van der Waals surface area contributed by atoms with Gasteiger partial charge < -0.3 is 15.4 Å². The van der Waals surface area contributed by atoms with Crippen LogP contribution in [0.3, 0.4) is 0 Å². The maximum Gasteiger partial charge on any atom is 0.191 e. The van der Waals surface area contributed by atoms with Gasteiger partial charge in [0.2, 0.25) is 0 Å². The molecule has 7 nitrogen and oxygen atoms in total. The van der Waals surface area contributed by atoms with E-state index in [-0.39, 0.29) is 24.0 Å². The second kappa shape index (κ2) is 12.1. The largest absolute Gasteiger partial charge is 0.385 e. The molecule has 0 aliphatic heterocycles. The number of hydrogen-bond donors (Lipinski definition) is 3. The van der Waals surface area contributed by atoms with Gasteiger partial charge in [-0.1, -0.05) is 31.0 Å². The van der Waals surface area contributed by atoms with Crippen LogP contribution in [0.2, 0.25) is 0 Å². The van der Waals surface area contributed by atoms with Gasteiger partial charge in [-0.25, -0.2) is 9.98 Å².